The van der Waals surface area contributed by atoms with Gasteiger partial charge in [-0.05, 0) is 17.2 Å². The molecule has 0 N–H and O–H groups in total. The molecule has 3 rings (SSSR count). The first-order valence-electron chi connectivity index (χ1n) is 7.67. The second-order valence-electron chi connectivity index (χ2n) is 5.37. The second kappa shape index (κ2) is 8.45. The van der Waals surface area contributed by atoms with Gasteiger partial charge < -0.3 is 9.47 Å². The first-order chi connectivity index (χ1) is 12.5. The second-order valence-corrected chi connectivity index (χ2v) is 6.59. The quantitative estimate of drug-likeness (QED) is 0.266. The van der Waals surface area contributed by atoms with Crippen LogP contribution in [0.2, 0.25) is 15.1 Å². The number of ether oxygens (including phenoxy) is 2. The third-order valence-electron chi connectivity index (χ3n) is 3.59. The predicted octanol–water partition coefficient (Wildman–Crippen LogP) is 6.95. The van der Waals surface area contributed by atoms with Gasteiger partial charge in [-0.3, -0.25) is 0 Å². The van der Waals surface area contributed by atoms with Crippen LogP contribution in [0.15, 0.2) is 72.8 Å². The zero-order chi connectivity index (χ0) is 18.5. The normalized spacial score (nSPS) is 10.6. The van der Waals surface area contributed by atoms with E-state index in [1.54, 1.807) is 0 Å². The van der Waals surface area contributed by atoms with Crippen LogP contribution in [-0.4, -0.2) is 6.16 Å². The summed E-state index contributed by atoms with van der Waals surface area (Å²) in [5.41, 5.74) is 1.63. The van der Waals surface area contributed by atoms with Crippen LogP contribution in [0, 0.1) is 0 Å². The Hall–Kier alpha value is -2.20. The van der Waals surface area contributed by atoms with E-state index in [1.165, 1.54) is 12.1 Å². The fourth-order valence-electron chi connectivity index (χ4n) is 2.38. The lowest BCUT2D eigenvalue weighted by atomic mass is 10.0. The van der Waals surface area contributed by atoms with Crippen LogP contribution in [-0.2, 0) is 4.74 Å². The van der Waals surface area contributed by atoms with E-state index in [1.807, 2.05) is 60.7 Å². The minimum Gasteiger partial charge on any atom is -0.421 e. The summed E-state index contributed by atoms with van der Waals surface area (Å²) in [6, 6.07) is 21.5. The van der Waals surface area contributed by atoms with Crippen LogP contribution in [0.3, 0.4) is 0 Å². The zero-order valence-electron chi connectivity index (χ0n) is 13.4. The summed E-state index contributed by atoms with van der Waals surface area (Å²) >= 11 is 17.9. The van der Waals surface area contributed by atoms with Gasteiger partial charge in [-0.2, -0.15) is 0 Å². The number of hydrogen-bond acceptors (Lipinski definition) is 3. The molecule has 3 nitrogen and oxygen atoms in total. The highest BCUT2D eigenvalue weighted by molar-refractivity contribution is 6.43. The Bertz CT molecular complexity index is 859. The first kappa shape index (κ1) is 18.6. The summed E-state index contributed by atoms with van der Waals surface area (Å²) in [6.07, 6.45) is -1.52. The molecule has 26 heavy (non-hydrogen) atoms. The average molecular weight is 408 g/mol. The summed E-state index contributed by atoms with van der Waals surface area (Å²) in [5, 5.41) is 0.651. The topological polar surface area (TPSA) is 35.5 Å². The van der Waals surface area contributed by atoms with Crippen molar-refractivity contribution in [3.63, 3.8) is 0 Å². The van der Waals surface area contributed by atoms with Crippen LogP contribution in [0.4, 0.5) is 4.79 Å². The standard InChI is InChI=1S/C20H13Cl3O3/c21-15-11-17(23)18(12-16(15)22)25-20(24)26-19(13-7-3-1-4-8-13)14-9-5-2-6-10-14/h1-12,19H. The van der Waals surface area contributed by atoms with Crippen LogP contribution < -0.4 is 4.74 Å². The van der Waals surface area contributed by atoms with Gasteiger partial charge in [-0.1, -0.05) is 95.5 Å². The van der Waals surface area contributed by atoms with Crippen LogP contribution in [0.5, 0.6) is 5.75 Å². The van der Waals surface area contributed by atoms with Crippen LogP contribution in [0.25, 0.3) is 0 Å². The van der Waals surface area contributed by atoms with Gasteiger partial charge in [0.05, 0.1) is 15.1 Å². The highest BCUT2D eigenvalue weighted by Gasteiger charge is 2.21. The molecular weight excluding hydrogens is 395 g/mol. The Morgan fingerprint density at radius 1 is 0.731 bits per heavy atom. The van der Waals surface area contributed by atoms with E-state index >= 15 is 0 Å². The Labute approximate surface area is 166 Å². The summed E-state index contributed by atoms with van der Waals surface area (Å²) < 4.78 is 10.8. The maximum absolute atomic E-state index is 12.3. The molecule has 0 aliphatic rings. The first-order valence-corrected chi connectivity index (χ1v) is 8.81. The smallest absolute Gasteiger partial charge is 0.421 e. The van der Waals surface area contributed by atoms with E-state index < -0.39 is 12.3 Å². The number of carbonyl (C=O) groups is 1. The molecule has 0 radical (unpaired) electrons. The molecule has 6 heteroatoms. The molecule has 0 spiro atoms. The maximum atomic E-state index is 12.3. The minimum absolute atomic E-state index is 0.0749. The van der Waals surface area contributed by atoms with Crippen molar-refractivity contribution in [1.82, 2.24) is 0 Å². The molecule has 0 heterocycles. The van der Waals surface area contributed by atoms with Crippen LogP contribution >= 0.6 is 34.8 Å². The molecule has 0 atom stereocenters. The van der Waals surface area contributed by atoms with Crippen molar-refractivity contribution in [2.24, 2.45) is 0 Å². The van der Waals surface area contributed by atoms with E-state index in [0.717, 1.165) is 11.1 Å². The Kier molecular flexibility index (Phi) is 6.04. The third-order valence-corrected chi connectivity index (χ3v) is 4.60. The van der Waals surface area contributed by atoms with Crippen LogP contribution in [0.1, 0.15) is 17.2 Å². The Balaban J connectivity index is 1.83. The zero-order valence-corrected chi connectivity index (χ0v) is 15.6. The Morgan fingerprint density at radius 2 is 1.23 bits per heavy atom. The van der Waals surface area contributed by atoms with Gasteiger partial charge in [0.25, 0.3) is 0 Å². The lowest BCUT2D eigenvalue weighted by Crippen LogP contribution is -2.16. The number of hydrogen-bond donors (Lipinski definition) is 0. The van der Waals surface area contributed by atoms with Crippen molar-refractivity contribution < 1.29 is 14.3 Å². The van der Waals surface area contributed by atoms with Crippen molar-refractivity contribution in [1.29, 1.82) is 0 Å². The van der Waals surface area contributed by atoms with Gasteiger partial charge in [-0.25, -0.2) is 4.79 Å². The molecular formula is C20H13Cl3O3. The lowest BCUT2D eigenvalue weighted by molar-refractivity contribution is 0.0733. The molecule has 0 aromatic heterocycles. The van der Waals surface area contributed by atoms with Gasteiger partial charge in [0.15, 0.2) is 11.9 Å². The summed E-state index contributed by atoms with van der Waals surface area (Å²) in [4.78, 5) is 12.3. The fourth-order valence-corrected chi connectivity index (χ4v) is 2.95. The molecule has 0 amide bonds. The molecule has 0 saturated carbocycles. The van der Waals surface area contributed by atoms with Crippen molar-refractivity contribution in [2.75, 3.05) is 0 Å². The van der Waals surface area contributed by atoms with E-state index in [9.17, 15) is 4.79 Å². The molecule has 3 aromatic carbocycles. The van der Waals surface area contributed by atoms with Crippen molar-refractivity contribution >= 4 is 41.0 Å². The largest absolute Gasteiger partial charge is 0.514 e. The van der Waals surface area contributed by atoms with E-state index in [-0.39, 0.29) is 20.8 Å². The van der Waals surface area contributed by atoms with Gasteiger partial charge in [0, 0.05) is 6.07 Å². The molecule has 3 aromatic rings. The van der Waals surface area contributed by atoms with E-state index in [4.69, 9.17) is 44.3 Å². The molecule has 132 valence electrons. The predicted molar refractivity (Wildman–Crippen MR) is 103 cm³/mol. The number of rotatable bonds is 4. The van der Waals surface area contributed by atoms with Crippen molar-refractivity contribution in [3.05, 3.63) is 99.0 Å². The molecule has 0 aliphatic carbocycles. The molecule has 0 bridgehead atoms. The summed E-state index contributed by atoms with van der Waals surface area (Å²) in [7, 11) is 0. The van der Waals surface area contributed by atoms with E-state index in [0.29, 0.717) is 0 Å². The van der Waals surface area contributed by atoms with E-state index in [2.05, 4.69) is 0 Å². The highest BCUT2D eigenvalue weighted by atomic mass is 35.5. The lowest BCUT2D eigenvalue weighted by Gasteiger charge is -2.18. The minimum atomic E-state index is -0.900. The van der Waals surface area contributed by atoms with Gasteiger partial charge >= 0.3 is 6.16 Å². The fraction of sp³-hybridized carbons (Fsp3) is 0.0500. The highest BCUT2D eigenvalue weighted by Crippen LogP contribution is 2.34. The number of halogens is 3. The SMILES string of the molecule is O=C(Oc1cc(Cl)c(Cl)cc1Cl)OC(c1ccccc1)c1ccccc1. The summed E-state index contributed by atoms with van der Waals surface area (Å²) in [6.45, 7) is 0. The molecule has 0 aliphatic heterocycles. The van der Waals surface area contributed by atoms with Gasteiger partial charge in [0.2, 0.25) is 0 Å². The van der Waals surface area contributed by atoms with Crippen molar-refractivity contribution in [3.8, 4) is 5.75 Å². The summed E-state index contributed by atoms with van der Waals surface area (Å²) in [5.74, 6) is 0.0749. The van der Waals surface area contributed by atoms with Gasteiger partial charge in [-0.15, -0.1) is 0 Å². The van der Waals surface area contributed by atoms with Gasteiger partial charge in [0.1, 0.15) is 0 Å². The Morgan fingerprint density at radius 3 is 1.77 bits per heavy atom. The third kappa shape index (κ3) is 4.50. The number of benzene rings is 3. The maximum Gasteiger partial charge on any atom is 0.514 e. The number of carbonyl (C=O) groups excluding carboxylic acids is 1. The average Bonchev–Trinajstić information content (AvgIpc) is 2.65. The molecule has 0 fully saturated rings. The molecule has 0 unspecified atom stereocenters. The monoisotopic (exact) mass is 406 g/mol. The molecule has 0 saturated heterocycles. The van der Waals surface area contributed by atoms with Crippen molar-refractivity contribution in [2.45, 2.75) is 6.10 Å².